The van der Waals surface area contributed by atoms with Crippen LogP contribution in [0, 0.1) is 0 Å². The van der Waals surface area contributed by atoms with Crippen LogP contribution in [-0.2, 0) is 32.5 Å². The second kappa shape index (κ2) is 9.58. The van der Waals surface area contributed by atoms with E-state index in [0.29, 0.717) is 24.6 Å². The van der Waals surface area contributed by atoms with Crippen LogP contribution >= 0.6 is 11.6 Å². The number of halogens is 4. The minimum atomic E-state index is -5.08. The van der Waals surface area contributed by atoms with Gasteiger partial charge in [-0.1, -0.05) is 32.4 Å². The predicted octanol–water partition coefficient (Wildman–Crippen LogP) is 6.47. The SMILES string of the molecule is CC(C)(C)[Si](C)(C)OCc1cc2cc(Cl)ccc2n1CCC[SH](C)(O)=NC(=O)C(F)(F)F. The molecule has 1 aromatic heterocycles. The smallest absolute Gasteiger partial charge is 0.411 e. The lowest BCUT2D eigenvalue weighted by Crippen LogP contribution is -2.40. The first kappa shape index (κ1) is 27.0. The van der Waals surface area contributed by atoms with Gasteiger partial charge in [0.05, 0.1) is 6.61 Å². The van der Waals surface area contributed by atoms with Gasteiger partial charge >= 0.3 is 12.1 Å². The summed E-state index contributed by atoms with van der Waals surface area (Å²) in [6, 6.07) is 7.51. The average molecular weight is 513 g/mol. The van der Waals surface area contributed by atoms with Crippen molar-refractivity contribution in [2.24, 2.45) is 4.36 Å². The van der Waals surface area contributed by atoms with Crippen molar-refractivity contribution < 1.29 is 26.9 Å². The number of thiol groups is 1. The third-order valence-corrected chi connectivity index (χ3v) is 12.3. The molecule has 1 aromatic carbocycles. The van der Waals surface area contributed by atoms with Gasteiger partial charge in [0.25, 0.3) is 0 Å². The summed E-state index contributed by atoms with van der Waals surface area (Å²) in [5.41, 5.74) is 1.85. The molecule has 0 unspecified atom stereocenters. The quantitative estimate of drug-likeness (QED) is 0.330. The summed E-state index contributed by atoms with van der Waals surface area (Å²) >= 11 is 6.14. The molecular weight excluding hydrogens is 481 g/mol. The zero-order valence-corrected chi connectivity index (χ0v) is 21.9. The summed E-state index contributed by atoms with van der Waals surface area (Å²) in [7, 11) is -5.37. The maximum atomic E-state index is 12.5. The van der Waals surface area contributed by atoms with Crippen molar-refractivity contribution in [3.05, 3.63) is 35.0 Å². The van der Waals surface area contributed by atoms with Crippen LogP contribution in [0.5, 0.6) is 0 Å². The van der Waals surface area contributed by atoms with Crippen LogP contribution in [0.4, 0.5) is 13.2 Å². The normalized spacial score (nSPS) is 14.1. The number of amides is 1. The fourth-order valence-corrected chi connectivity index (χ4v) is 5.45. The molecule has 1 N–H and O–H groups in total. The third-order valence-electron chi connectivity index (χ3n) is 5.85. The molecule has 0 atom stereocenters. The molecule has 0 aliphatic carbocycles. The van der Waals surface area contributed by atoms with Crippen LogP contribution in [0.1, 0.15) is 32.9 Å². The van der Waals surface area contributed by atoms with E-state index in [9.17, 15) is 22.5 Å². The zero-order valence-electron chi connectivity index (χ0n) is 19.3. The van der Waals surface area contributed by atoms with Gasteiger partial charge in [-0.15, -0.1) is 10.1 Å². The second-order valence-electron chi connectivity index (χ2n) is 9.61. The number of benzene rings is 1. The van der Waals surface area contributed by atoms with Crippen molar-refractivity contribution in [2.45, 2.75) is 64.7 Å². The Morgan fingerprint density at radius 3 is 2.44 bits per heavy atom. The Morgan fingerprint density at radius 1 is 1.25 bits per heavy atom. The molecule has 0 aliphatic heterocycles. The van der Waals surface area contributed by atoms with Crippen LogP contribution in [0.2, 0.25) is 23.2 Å². The first-order valence-corrected chi connectivity index (χ1v) is 15.9. The van der Waals surface area contributed by atoms with E-state index in [1.54, 1.807) is 6.07 Å². The van der Waals surface area contributed by atoms with Crippen molar-refractivity contribution in [1.82, 2.24) is 4.57 Å². The largest absolute Gasteiger partial charge is 0.474 e. The Balaban J connectivity index is 2.26. The number of alkyl halides is 3. The number of carbonyl (C=O) groups is 1. The number of hydrogen-bond donors (Lipinski definition) is 2. The van der Waals surface area contributed by atoms with Gasteiger partial charge in [0.15, 0.2) is 8.32 Å². The van der Waals surface area contributed by atoms with Crippen LogP contribution in [-0.4, -0.2) is 41.5 Å². The van der Waals surface area contributed by atoms with Crippen molar-refractivity contribution in [1.29, 1.82) is 0 Å². The lowest BCUT2D eigenvalue weighted by atomic mass is 10.2. The minimum Gasteiger partial charge on any atom is -0.411 e. The molecule has 0 bridgehead atoms. The van der Waals surface area contributed by atoms with Gasteiger partial charge < -0.3 is 13.5 Å². The van der Waals surface area contributed by atoms with E-state index in [1.807, 2.05) is 22.8 Å². The number of fused-ring (bicyclic) bond motifs is 1. The molecule has 0 spiro atoms. The van der Waals surface area contributed by atoms with Crippen LogP contribution in [0.15, 0.2) is 28.6 Å². The predicted molar refractivity (Wildman–Crippen MR) is 129 cm³/mol. The summed E-state index contributed by atoms with van der Waals surface area (Å²) in [5.74, 6) is -2.23. The third kappa shape index (κ3) is 6.90. The van der Waals surface area contributed by atoms with Crippen molar-refractivity contribution >= 4 is 46.8 Å². The van der Waals surface area contributed by atoms with E-state index in [1.165, 1.54) is 6.26 Å². The summed E-state index contributed by atoms with van der Waals surface area (Å²) in [6.07, 6.45) is -3.51. The molecule has 2 aromatic rings. The molecule has 0 aliphatic rings. The molecule has 1 heterocycles. The molecule has 182 valence electrons. The molecule has 0 radical (unpaired) electrons. The molecule has 0 fully saturated rings. The molecule has 32 heavy (non-hydrogen) atoms. The lowest BCUT2D eigenvalue weighted by molar-refractivity contribution is -0.169. The zero-order chi connectivity index (χ0) is 24.5. The molecule has 0 saturated heterocycles. The standard InChI is InChI=1S/C21H32ClF3N2O3SSi/c1-20(2,3)32(5,6)30-14-17-13-15-12-16(22)8-9-18(15)27(17)10-7-11-31(4,29)26-19(28)21(23,24)25/h8-9,12-13,31H,7,10-11,14H2,1-6H3,(H,26,28,29). The molecule has 11 heteroatoms. The maximum Gasteiger partial charge on any atom is 0.474 e. The summed E-state index contributed by atoms with van der Waals surface area (Å²) in [6.45, 7) is 11.6. The van der Waals surface area contributed by atoms with Crippen LogP contribution in [0.3, 0.4) is 0 Å². The van der Waals surface area contributed by atoms with Gasteiger partial charge in [0, 0.05) is 33.9 Å². The Kier molecular flexibility index (Phi) is 8.09. The van der Waals surface area contributed by atoms with E-state index in [4.69, 9.17) is 16.0 Å². The van der Waals surface area contributed by atoms with E-state index in [0.717, 1.165) is 16.6 Å². The molecule has 5 nitrogen and oxygen atoms in total. The highest BCUT2D eigenvalue weighted by Gasteiger charge is 2.39. The van der Waals surface area contributed by atoms with Crippen molar-refractivity contribution in [2.75, 3.05) is 12.0 Å². The Morgan fingerprint density at radius 2 is 1.88 bits per heavy atom. The topological polar surface area (TPSA) is 63.8 Å². The van der Waals surface area contributed by atoms with Gasteiger partial charge in [0.2, 0.25) is 0 Å². The second-order valence-corrected chi connectivity index (χ2v) is 17.7. The number of aromatic nitrogens is 1. The first-order valence-electron chi connectivity index (χ1n) is 10.3. The fourth-order valence-electron chi connectivity index (χ4n) is 2.98. The van der Waals surface area contributed by atoms with E-state index in [2.05, 4.69) is 38.2 Å². The summed E-state index contributed by atoms with van der Waals surface area (Å²) in [5, 5.41) is 1.58. The minimum absolute atomic E-state index is 0.00458. The molecule has 2 rings (SSSR count). The van der Waals surface area contributed by atoms with Gasteiger partial charge in [-0.25, -0.2) is 0 Å². The highest BCUT2D eigenvalue weighted by Crippen LogP contribution is 2.37. The Labute approximate surface area is 194 Å². The van der Waals surface area contributed by atoms with Gasteiger partial charge in [-0.05, 0) is 55.1 Å². The van der Waals surface area contributed by atoms with Crippen molar-refractivity contribution in [3.63, 3.8) is 0 Å². The number of hydrogen-bond acceptors (Lipinski definition) is 2. The molecular formula is C21H32ClF3N2O3SSi. The summed E-state index contributed by atoms with van der Waals surface area (Å²) < 4.78 is 59.2. The van der Waals surface area contributed by atoms with Gasteiger partial charge in [-0.3, -0.25) is 4.79 Å². The maximum absolute atomic E-state index is 12.5. The van der Waals surface area contributed by atoms with Gasteiger partial charge in [-0.2, -0.15) is 17.5 Å². The van der Waals surface area contributed by atoms with E-state index in [-0.39, 0.29) is 10.8 Å². The number of rotatable bonds is 7. The van der Waals surface area contributed by atoms with Gasteiger partial charge in [0.1, 0.15) is 0 Å². The number of aryl methyl sites for hydroxylation is 1. The number of nitrogens with zero attached hydrogens (tertiary/aromatic N) is 2. The summed E-state index contributed by atoms with van der Waals surface area (Å²) in [4.78, 5) is 11.1. The number of carbonyl (C=O) groups excluding carboxylic acids is 1. The van der Waals surface area contributed by atoms with Crippen LogP contribution in [0.25, 0.3) is 10.9 Å². The highest BCUT2D eigenvalue weighted by molar-refractivity contribution is 7.99. The highest BCUT2D eigenvalue weighted by atomic mass is 35.5. The molecule has 0 saturated carbocycles. The van der Waals surface area contributed by atoms with Crippen LogP contribution < -0.4 is 0 Å². The average Bonchev–Trinajstić information content (AvgIpc) is 2.94. The van der Waals surface area contributed by atoms with E-state index < -0.39 is 30.5 Å². The van der Waals surface area contributed by atoms with Crippen molar-refractivity contribution in [3.8, 4) is 0 Å². The van der Waals surface area contributed by atoms with E-state index >= 15 is 0 Å². The Bertz CT molecular complexity index is 1040. The fraction of sp³-hybridized carbons (Fsp3) is 0.571. The monoisotopic (exact) mass is 512 g/mol. The first-order chi connectivity index (χ1) is 14.4. The Hall–Kier alpha value is -1.20. The lowest BCUT2D eigenvalue weighted by Gasteiger charge is -2.36. The molecule has 1 amide bonds.